The number of hydrogen-bond acceptors (Lipinski definition) is 7. The Kier molecular flexibility index (Phi) is 6.44. The van der Waals surface area contributed by atoms with Crippen LogP contribution in [0.5, 0.6) is 17.2 Å². The molecular formula is C23H24N2O7. The Hall–Kier alpha value is -3.75. The van der Waals surface area contributed by atoms with Crippen molar-refractivity contribution in [2.24, 2.45) is 0 Å². The third-order valence-electron chi connectivity index (χ3n) is 5.07. The summed E-state index contributed by atoms with van der Waals surface area (Å²) < 4.78 is 22.0. The van der Waals surface area contributed by atoms with E-state index in [1.54, 1.807) is 31.2 Å². The monoisotopic (exact) mass is 440 g/mol. The molecule has 2 aromatic carbocycles. The average molecular weight is 440 g/mol. The molecule has 0 bridgehead atoms. The average Bonchev–Trinajstić information content (AvgIpc) is 2.81. The number of para-hydroxylation sites is 4. The van der Waals surface area contributed by atoms with E-state index in [0.29, 0.717) is 29.5 Å². The van der Waals surface area contributed by atoms with E-state index in [2.05, 4.69) is 5.32 Å². The van der Waals surface area contributed by atoms with Crippen LogP contribution in [0.15, 0.2) is 48.5 Å². The fraction of sp³-hybridized carbons (Fsp3) is 0.348. The highest BCUT2D eigenvalue weighted by atomic mass is 16.6. The number of nitrogens with zero attached hydrogens (tertiary/aromatic N) is 1. The largest absolute Gasteiger partial charge is 0.486 e. The summed E-state index contributed by atoms with van der Waals surface area (Å²) in [5.74, 6) is 0.630. The summed E-state index contributed by atoms with van der Waals surface area (Å²) in [6, 6.07) is 14.4. The molecule has 2 aromatic rings. The van der Waals surface area contributed by atoms with Gasteiger partial charge in [-0.1, -0.05) is 24.3 Å². The molecule has 2 aliphatic heterocycles. The lowest BCUT2D eigenvalue weighted by atomic mass is 10.2. The van der Waals surface area contributed by atoms with Crippen LogP contribution in [0.1, 0.15) is 13.3 Å². The van der Waals surface area contributed by atoms with Crippen LogP contribution < -0.4 is 24.4 Å². The van der Waals surface area contributed by atoms with Crippen molar-refractivity contribution in [3.8, 4) is 17.2 Å². The van der Waals surface area contributed by atoms with E-state index < -0.39 is 24.6 Å². The molecule has 9 heteroatoms. The summed E-state index contributed by atoms with van der Waals surface area (Å²) in [4.78, 5) is 38.1. The zero-order valence-electron chi connectivity index (χ0n) is 17.6. The first-order valence-electron chi connectivity index (χ1n) is 10.4. The molecule has 0 saturated carbocycles. The molecule has 168 valence electrons. The second-order valence-corrected chi connectivity index (χ2v) is 7.43. The highest BCUT2D eigenvalue weighted by Crippen LogP contribution is 2.33. The standard InChI is InChI=1S/C23H24N2O7/c1-15-23(28)25(17-6-2-3-7-18(17)31-15)11-10-22(27)30-14-21(26)24-12-16-13-29-19-8-4-5-9-20(19)32-16/h2-9,15-16H,10-14H2,1H3,(H,24,26). The van der Waals surface area contributed by atoms with Gasteiger partial charge in [0.25, 0.3) is 11.8 Å². The minimum atomic E-state index is -0.635. The predicted octanol–water partition coefficient (Wildman–Crippen LogP) is 1.69. The molecule has 0 saturated heterocycles. The quantitative estimate of drug-likeness (QED) is 0.654. The molecule has 1 N–H and O–H groups in total. The predicted molar refractivity (Wildman–Crippen MR) is 114 cm³/mol. The van der Waals surface area contributed by atoms with Crippen LogP contribution in [0, 0.1) is 0 Å². The van der Waals surface area contributed by atoms with Gasteiger partial charge >= 0.3 is 5.97 Å². The van der Waals surface area contributed by atoms with Crippen LogP contribution in [-0.4, -0.2) is 56.3 Å². The number of fused-ring (bicyclic) bond motifs is 2. The molecule has 9 nitrogen and oxygen atoms in total. The van der Waals surface area contributed by atoms with E-state index in [-0.39, 0.29) is 31.5 Å². The Labute approximate surface area is 185 Å². The molecule has 2 aliphatic rings. The normalized spacial score (nSPS) is 18.9. The van der Waals surface area contributed by atoms with Crippen LogP contribution in [0.25, 0.3) is 0 Å². The maximum atomic E-state index is 12.4. The number of benzene rings is 2. The minimum Gasteiger partial charge on any atom is -0.486 e. The van der Waals surface area contributed by atoms with Crippen LogP contribution in [0.4, 0.5) is 5.69 Å². The number of rotatable bonds is 7. The van der Waals surface area contributed by atoms with Crippen molar-refractivity contribution in [2.75, 3.05) is 31.2 Å². The van der Waals surface area contributed by atoms with Gasteiger partial charge in [-0.2, -0.15) is 0 Å². The van der Waals surface area contributed by atoms with Crippen LogP contribution in [-0.2, 0) is 19.1 Å². The zero-order chi connectivity index (χ0) is 22.5. The summed E-state index contributed by atoms with van der Waals surface area (Å²) in [6.07, 6.45) is -1.01. The Balaban J connectivity index is 1.19. The van der Waals surface area contributed by atoms with E-state index in [1.807, 2.05) is 24.3 Å². The molecule has 0 aromatic heterocycles. The van der Waals surface area contributed by atoms with E-state index >= 15 is 0 Å². The van der Waals surface area contributed by atoms with Crippen LogP contribution in [0.3, 0.4) is 0 Å². The van der Waals surface area contributed by atoms with Crippen molar-refractivity contribution in [3.05, 3.63) is 48.5 Å². The number of carbonyl (C=O) groups excluding carboxylic acids is 3. The second-order valence-electron chi connectivity index (χ2n) is 7.43. The van der Waals surface area contributed by atoms with Gasteiger partial charge in [0.2, 0.25) is 0 Å². The SMILES string of the molecule is CC1Oc2ccccc2N(CCC(=O)OCC(=O)NCC2COc3ccccc3O2)C1=O. The van der Waals surface area contributed by atoms with Crippen molar-refractivity contribution in [2.45, 2.75) is 25.6 Å². The van der Waals surface area contributed by atoms with E-state index in [4.69, 9.17) is 18.9 Å². The van der Waals surface area contributed by atoms with Gasteiger partial charge in [-0.15, -0.1) is 0 Å². The first-order chi connectivity index (χ1) is 15.5. The van der Waals surface area contributed by atoms with Gasteiger partial charge in [-0.3, -0.25) is 14.4 Å². The first kappa shape index (κ1) is 21.5. The minimum absolute atomic E-state index is 0.0452. The summed E-state index contributed by atoms with van der Waals surface area (Å²) in [5.41, 5.74) is 0.609. The Morgan fingerprint density at radius 1 is 1.06 bits per heavy atom. The first-order valence-corrected chi connectivity index (χ1v) is 10.4. The second kappa shape index (κ2) is 9.59. The topological polar surface area (TPSA) is 103 Å². The van der Waals surface area contributed by atoms with Crippen molar-refractivity contribution in [1.82, 2.24) is 5.32 Å². The van der Waals surface area contributed by atoms with Gasteiger partial charge in [0.15, 0.2) is 24.2 Å². The molecule has 0 radical (unpaired) electrons. The molecule has 2 atom stereocenters. The number of esters is 1. The zero-order valence-corrected chi connectivity index (χ0v) is 17.6. The number of carbonyl (C=O) groups is 3. The van der Waals surface area contributed by atoms with Gasteiger partial charge in [-0.05, 0) is 31.2 Å². The molecule has 2 unspecified atom stereocenters. The molecule has 0 fully saturated rings. The molecular weight excluding hydrogens is 416 g/mol. The number of hydrogen-bond donors (Lipinski definition) is 1. The highest BCUT2D eigenvalue weighted by Gasteiger charge is 2.31. The molecule has 2 heterocycles. The van der Waals surface area contributed by atoms with Gasteiger partial charge in [0, 0.05) is 6.54 Å². The summed E-state index contributed by atoms with van der Waals surface area (Å²) in [5, 5.41) is 2.67. The third-order valence-corrected chi connectivity index (χ3v) is 5.07. The van der Waals surface area contributed by atoms with Crippen molar-refractivity contribution in [3.63, 3.8) is 0 Å². The number of ether oxygens (including phenoxy) is 4. The molecule has 32 heavy (non-hydrogen) atoms. The van der Waals surface area contributed by atoms with Crippen molar-refractivity contribution >= 4 is 23.5 Å². The van der Waals surface area contributed by atoms with Gasteiger partial charge < -0.3 is 29.2 Å². The lowest BCUT2D eigenvalue weighted by Crippen LogP contribution is -2.45. The Bertz CT molecular complexity index is 1010. The summed E-state index contributed by atoms with van der Waals surface area (Å²) >= 11 is 0. The van der Waals surface area contributed by atoms with Gasteiger partial charge in [-0.25, -0.2) is 0 Å². The Morgan fingerprint density at radius 3 is 2.59 bits per heavy atom. The van der Waals surface area contributed by atoms with Crippen molar-refractivity contribution in [1.29, 1.82) is 0 Å². The number of nitrogens with one attached hydrogen (secondary N) is 1. The van der Waals surface area contributed by atoms with Crippen LogP contribution in [0.2, 0.25) is 0 Å². The van der Waals surface area contributed by atoms with Crippen LogP contribution >= 0.6 is 0 Å². The number of amides is 2. The fourth-order valence-corrected chi connectivity index (χ4v) is 3.45. The molecule has 0 aliphatic carbocycles. The molecule has 2 amide bonds. The summed E-state index contributed by atoms with van der Waals surface area (Å²) in [7, 11) is 0. The van der Waals surface area contributed by atoms with E-state index in [0.717, 1.165) is 0 Å². The van der Waals surface area contributed by atoms with E-state index in [9.17, 15) is 14.4 Å². The maximum Gasteiger partial charge on any atom is 0.308 e. The van der Waals surface area contributed by atoms with E-state index in [1.165, 1.54) is 4.90 Å². The van der Waals surface area contributed by atoms with Gasteiger partial charge in [0.05, 0.1) is 18.7 Å². The summed E-state index contributed by atoms with van der Waals surface area (Å²) in [6.45, 7) is 1.92. The maximum absolute atomic E-state index is 12.4. The molecule has 0 spiro atoms. The van der Waals surface area contributed by atoms with Crippen molar-refractivity contribution < 1.29 is 33.3 Å². The highest BCUT2D eigenvalue weighted by molar-refractivity contribution is 6.00. The lowest BCUT2D eigenvalue weighted by molar-refractivity contribution is -0.148. The smallest absolute Gasteiger partial charge is 0.308 e. The number of anilines is 1. The fourth-order valence-electron chi connectivity index (χ4n) is 3.45. The Morgan fingerprint density at radius 2 is 1.78 bits per heavy atom. The molecule has 4 rings (SSSR count). The third kappa shape index (κ3) is 4.93. The lowest BCUT2D eigenvalue weighted by Gasteiger charge is -2.32. The van der Waals surface area contributed by atoms with Gasteiger partial charge in [0.1, 0.15) is 18.5 Å².